The molecule has 0 amide bonds. The van der Waals surface area contributed by atoms with Crippen molar-refractivity contribution in [1.82, 2.24) is 19.8 Å². The molecule has 0 spiro atoms. The molecule has 10 heteroatoms. The van der Waals surface area contributed by atoms with Crippen LogP contribution in [0.2, 0.25) is 0 Å². The highest BCUT2D eigenvalue weighted by molar-refractivity contribution is 5.85. The molecule has 1 aromatic heterocycles. The zero-order valence-electron chi connectivity index (χ0n) is 28.3. The van der Waals surface area contributed by atoms with Crippen molar-refractivity contribution in [3.63, 3.8) is 0 Å². The molecule has 0 saturated heterocycles. The van der Waals surface area contributed by atoms with Crippen LogP contribution < -0.4 is 4.74 Å². The first-order valence-corrected chi connectivity index (χ1v) is 17.8. The highest BCUT2D eigenvalue weighted by Gasteiger charge is 2.14. The average Bonchev–Trinajstić information content (AvgIpc) is 3.50. The van der Waals surface area contributed by atoms with E-state index >= 15 is 0 Å². The predicted octanol–water partition coefficient (Wildman–Crippen LogP) is 7.39. The van der Waals surface area contributed by atoms with E-state index in [0.717, 1.165) is 39.2 Å². The SMILES string of the molecule is CCCCCCCCCCCCCCCCCCOCC(COCCOCCN1C=CN(CCCO)C1)Oc1ncccn1.Cl. The second-order valence-electron chi connectivity index (χ2n) is 12.0. The Labute approximate surface area is 280 Å². The zero-order valence-corrected chi connectivity index (χ0v) is 29.1. The van der Waals surface area contributed by atoms with Crippen molar-refractivity contribution in [2.24, 2.45) is 0 Å². The third-order valence-corrected chi connectivity index (χ3v) is 7.91. The second kappa shape index (κ2) is 31.0. The number of aliphatic hydroxyl groups excluding tert-OH is 1. The molecule has 1 aliphatic rings. The van der Waals surface area contributed by atoms with Gasteiger partial charge in [-0.15, -0.1) is 12.4 Å². The van der Waals surface area contributed by atoms with Crippen molar-refractivity contribution in [2.45, 2.75) is 122 Å². The number of halogens is 1. The molecule has 0 aliphatic carbocycles. The van der Waals surface area contributed by atoms with Gasteiger partial charge in [0, 0.05) is 51.1 Å². The fraction of sp³-hybridized carbons (Fsp3) is 0.829. The van der Waals surface area contributed by atoms with Crippen LogP contribution in [0.1, 0.15) is 116 Å². The van der Waals surface area contributed by atoms with Gasteiger partial charge in [0.2, 0.25) is 0 Å². The number of hydrogen-bond acceptors (Lipinski definition) is 9. The van der Waals surface area contributed by atoms with Gasteiger partial charge in [-0.25, -0.2) is 9.97 Å². The molecule has 1 unspecified atom stereocenters. The molecule has 1 atom stereocenters. The lowest BCUT2D eigenvalue weighted by molar-refractivity contribution is -0.0260. The van der Waals surface area contributed by atoms with Gasteiger partial charge in [0.15, 0.2) is 0 Å². The normalized spacial score (nSPS) is 13.4. The topological polar surface area (TPSA) is 89.4 Å². The van der Waals surface area contributed by atoms with E-state index in [1.807, 2.05) is 0 Å². The Hall–Kier alpha value is -1.65. The lowest BCUT2D eigenvalue weighted by Crippen LogP contribution is -2.30. The number of aliphatic hydroxyl groups is 1. The highest BCUT2D eigenvalue weighted by Crippen LogP contribution is 2.14. The first-order valence-electron chi connectivity index (χ1n) is 17.8. The highest BCUT2D eigenvalue weighted by atomic mass is 35.5. The van der Waals surface area contributed by atoms with Gasteiger partial charge >= 0.3 is 6.01 Å². The molecule has 0 saturated carbocycles. The standard InChI is InChI=1S/C35H64N4O5.ClH/c1-2-3-4-5-6-7-8-9-10-11-12-13-14-15-16-17-27-42-31-34(44-35-36-20-18-21-37-35)32-43-30-29-41-28-25-39-24-23-38(33-39)22-19-26-40;/h18,20-21,23-24,34,40H,2-17,19,22,25-33H2,1H3;1H. The summed E-state index contributed by atoms with van der Waals surface area (Å²) >= 11 is 0. The summed E-state index contributed by atoms with van der Waals surface area (Å²) < 4.78 is 23.5. The quantitative estimate of drug-likeness (QED) is 0.0798. The Balaban J connectivity index is 0.0000101. The van der Waals surface area contributed by atoms with Crippen LogP contribution >= 0.6 is 12.4 Å². The van der Waals surface area contributed by atoms with Crippen LogP contribution in [-0.2, 0) is 14.2 Å². The molecule has 1 N–H and O–H groups in total. The molecule has 262 valence electrons. The Bertz CT molecular complexity index is 780. The van der Waals surface area contributed by atoms with Gasteiger partial charge in [-0.05, 0) is 18.9 Å². The van der Waals surface area contributed by atoms with Crippen LogP contribution in [0.15, 0.2) is 30.9 Å². The average molecular weight is 657 g/mol. The van der Waals surface area contributed by atoms with Gasteiger partial charge in [0.25, 0.3) is 0 Å². The Kier molecular flexibility index (Phi) is 28.5. The third-order valence-electron chi connectivity index (χ3n) is 7.91. The van der Waals surface area contributed by atoms with Gasteiger partial charge in [0.1, 0.15) is 6.10 Å². The van der Waals surface area contributed by atoms with Gasteiger partial charge < -0.3 is 33.9 Å². The molecule has 45 heavy (non-hydrogen) atoms. The van der Waals surface area contributed by atoms with Crippen molar-refractivity contribution in [3.05, 3.63) is 30.9 Å². The summed E-state index contributed by atoms with van der Waals surface area (Å²) in [6.07, 6.45) is 29.9. The third kappa shape index (κ3) is 24.2. The van der Waals surface area contributed by atoms with E-state index in [-0.39, 0.29) is 25.1 Å². The predicted molar refractivity (Wildman–Crippen MR) is 185 cm³/mol. The Morgan fingerprint density at radius 3 is 1.73 bits per heavy atom. The molecular formula is C35H65ClN4O5. The summed E-state index contributed by atoms with van der Waals surface area (Å²) in [6, 6.07) is 2.11. The monoisotopic (exact) mass is 656 g/mol. The summed E-state index contributed by atoms with van der Waals surface area (Å²) in [5.74, 6) is 0. The fourth-order valence-electron chi connectivity index (χ4n) is 5.28. The summed E-state index contributed by atoms with van der Waals surface area (Å²) in [5, 5.41) is 8.98. The van der Waals surface area contributed by atoms with Gasteiger partial charge in [-0.1, -0.05) is 103 Å². The van der Waals surface area contributed by atoms with E-state index in [0.29, 0.717) is 39.0 Å². The maximum atomic E-state index is 8.98. The minimum atomic E-state index is -0.266. The van der Waals surface area contributed by atoms with Crippen molar-refractivity contribution >= 4 is 12.4 Å². The Morgan fingerprint density at radius 1 is 0.644 bits per heavy atom. The van der Waals surface area contributed by atoms with Crippen LogP contribution in [0.4, 0.5) is 0 Å². The molecule has 1 aliphatic heterocycles. The summed E-state index contributed by atoms with van der Waals surface area (Å²) in [4.78, 5) is 12.8. The molecular weight excluding hydrogens is 592 g/mol. The van der Waals surface area contributed by atoms with E-state index in [4.69, 9.17) is 24.1 Å². The zero-order chi connectivity index (χ0) is 31.2. The first-order chi connectivity index (χ1) is 21.8. The molecule has 0 fully saturated rings. The minimum Gasteiger partial charge on any atom is -0.455 e. The number of nitrogens with zero attached hydrogens (tertiary/aromatic N) is 4. The second-order valence-corrected chi connectivity index (χ2v) is 12.0. The largest absolute Gasteiger partial charge is 0.455 e. The lowest BCUT2D eigenvalue weighted by Gasteiger charge is -2.21. The number of rotatable bonds is 32. The van der Waals surface area contributed by atoms with E-state index in [1.54, 1.807) is 18.5 Å². The molecule has 0 bridgehead atoms. The number of hydrogen-bond donors (Lipinski definition) is 1. The van der Waals surface area contributed by atoms with E-state index in [1.165, 1.54) is 96.3 Å². The van der Waals surface area contributed by atoms with E-state index in [2.05, 4.69) is 39.1 Å². The molecule has 1 aromatic rings. The summed E-state index contributed by atoms with van der Waals surface area (Å²) in [6.45, 7) is 8.31. The lowest BCUT2D eigenvalue weighted by atomic mass is 10.0. The number of aromatic nitrogens is 2. The van der Waals surface area contributed by atoms with Crippen molar-refractivity contribution in [1.29, 1.82) is 0 Å². The maximum Gasteiger partial charge on any atom is 0.316 e. The molecule has 0 radical (unpaired) electrons. The van der Waals surface area contributed by atoms with E-state index < -0.39 is 0 Å². The summed E-state index contributed by atoms with van der Waals surface area (Å²) in [5.41, 5.74) is 0. The van der Waals surface area contributed by atoms with E-state index in [9.17, 15) is 0 Å². The van der Waals surface area contributed by atoms with Crippen molar-refractivity contribution in [3.8, 4) is 6.01 Å². The van der Waals surface area contributed by atoms with Crippen LogP contribution in [0.5, 0.6) is 6.01 Å². The maximum absolute atomic E-state index is 8.98. The molecule has 0 aromatic carbocycles. The summed E-state index contributed by atoms with van der Waals surface area (Å²) in [7, 11) is 0. The molecule has 2 heterocycles. The van der Waals surface area contributed by atoms with Crippen LogP contribution in [0.25, 0.3) is 0 Å². The smallest absolute Gasteiger partial charge is 0.316 e. The van der Waals surface area contributed by atoms with Crippen LogP contribution in [0, 0.1) is 0 Å². The number of ether oxygens (including phenoxy) is 4. The van der Waals surface area contributed by atoms with Gasteiger partial charge in [-0.2, -0.15) is 0 Å². The molecule has 9 nitrogen and oxygen atoms in total. The van der Waals surface area contributed by atoms with Crippen molar-refractivity contribution in [2.75, 3.05) is 66.0 Å². The van der Waals surface area contributed by atoms with Crippen LogP contribution in [-0.4, -0.2) is 97.0 Å². The first kappa shape index (κ1) is 41.4. The fourth-order valence-corrected chi connectivity index (χ4v) is 5.28. The Morgan fingerprint density at radius 2 is 1.16 bits per heavy atom. The van der Waals surface area contributed by atoms with Gasteiger partial charge in [0.05, 0.1) is 39.7 Å². The van der Waals surface area contributed by atoms with Gasteiger partial charge in [-0.3, -0.25) is 0 Å². The van der Waals surface area contributed by atoms with Crippen molar-refractivity contribution < 1.29 is 24.1 Å². The van der Waals surface area contributed by atoms with Crippen LogP contribution in [0.3, 0.4) is 0 Å². The molecule has 2 rings (SSSR count). The minimum absolute atomic E-state index is 0. The number of unbranched alkanes of at least 4 members (excludes halogenated alkanes) is 15.